The van der Waals surface area contributed by atoms with Gasteiger partial charge in [-0.25, -0.2) is 0 Å². The Hall–Kier alpha value is -1.87. The topological polar surface area (TPSA) is 79.2 Å². The first-order valence-corrected chi connectivity index (χ1v) is 11.6. The van der Waals surface area contributed by atoms with E-state index < -0.39 is 0 Å². The highest BCUT2D eigenvalue weighted by Gasteiger charge is 2.31. The lowest BCUT2D eigenvalue weighted by molar-refractivity contribution is -0.151. The van der Waals surface area contributed by atoms with Gasteiger partial charge in [-0.1, -0.05) is 20.8 Å². The van der Waals surface area contributed by atoms with E-state index in [1.807, 2.05) is 0 Å². The van der Waals surface area contributed by atoms with Crippen molar-refractivity contribution in [3.63, 3.8) is 0 Å². The summed E-state index contributed by atoms with van der Waals surface area (Å²) in [6.07, 6.45) is 8.12. The molecule has 2 aliphatic carbocycles. The molecule has 0 saturated heterocycles. The second-order valence-electron chi connectivity index (χ2n) is 9.40. The third-order valence-electron chi connectivity index (χ3n) is 6.27. The smallest absolute Gasteiger partial charge is 0.306 e. The van der Waals surface area contributed by atoms with Gasteiger partial charge in [-0.3, -0.25) is 9.59 Å². The van der Waals surface area contributed by atoms with Crippen LogP contribution in [-0.4, -0.2) is 18.0 Å². The molecule has 2 aliphatic rings. The summed E-state index contributed by atoms with van der Waals surface area (Å²) in [7, 11) is 0. The second-order valence-corrected chi connectivity index (χ2v) is 10.5. The van der Waals surface area contributed by atoms with Crippen LogP contribution in [0, 0.1) is 22.7 Å². The summed E-state index contributed by atoms with van der Waals surface area (Å²) in [6, 6.07) is 2.23. The third-order valence-corrected chi connectivity index (χ3v) is 7.48. The maximum atomic E-state index is 12.2. The van der Waals surface area contributed by atoms with Gasteiger partial charge in [0.2, 0.25) is 5.91 Å². The molecule has 1 fully saturated rings. The van der Waals surface area contributed by atoms with Gasteiger partial charge in [-0.2, -0.15) is 5.26 Å². The Labute approximate surface area is 177 Å². The van der Waals surface area contributed by atoms with Crippen LogP contribution in [0.1, 0.15) is 88.1 Å². The van der Waals surface area contributed by atoms with Crippen molar-refractivity contribution < 1.29 is 14.3 Å². The molecule has 158 valence electrons. The number of nitriles is 1. The number of aryl methyl sites for hydroxylation is 1. The molecular formula is C23H32N2O3S. The lowest BCUT2D eigenvalue weighted by Gasteiger charge is -2.36. The Morgan fingerprint density at radius 1 is 1.17 bits per heavy atom. The van der Waals surface area contributed by atoms with E-state index in [0.29, 0.717) is 28.3 Å². The van der Waals surface area contributed by atoms with E-state index >= 15 is 0 Å². The Morgan fingerprint density at radius 2 is 1.90 bits per heavy atom. The summed E-state index contributed by atoms with van der Waals surface area (Å²) >= 11 is 1.52. The summed E-state index contributed by atoms with van der Waals surface area (Å²) in [5, 5.41) is 12.9. The number of fused-ring (bicyclic) bond motifs is 1. The van der Waals surface area contributed by atoms with Crippen LogP contribution in [0.15, 0.2) is 0 Å². The zero-order valence-corrected chi connectivity index (χ0v) is 18.6. The second kappa shape index (κ2) is 9.30. The number of nitrogens with zero attached hydrogens (tertiary/aromatic N) is 1. The van der Waals surface area contributed by atoms with Gasteiger partial charge in [0.15, 0.2) is 0 Å². The molecule has 0 spiro atoms. The molecule has 1 amide bonds. The number of hydrogen-bond donors (Lipinski definition) is 1. The van der Waals surface area contributed by atoms with E-state index in [9.17, 15) is 14.9 Å². The molecule has 0 atom stereocenters. The number of amides is 1. The van der Waals surface area contributed by atoms with Crippen molar-refractivity contribution in [2.75, 3.05) is 5.32 Å². The molecule has 1 heterocycles. The Kier molecular flexibility index (Phi) is 7.00. The Balaban J connectivity index is 1.37. The molecule has 1 aromatic heterocycles. The van der Waals surface area contributed by atoms with Crippen molar-refractivity contribution in [1.29, 1.82) is 5.26 Å². The molecule has 0 unspecified atom stereocenters. The minimum Gasteiger partial charge on any atom is -0.462 e. The number of rotatable bonds is 6. The Bertz CT molecular complexity index is 792. The van der Waals surface area contributed by atoms with Gasteiger partial charge in [0.1, 0.15) is 17.2 Å². The molecule has 1 N–H and O–H groups in total. The largest absolute Gasteiger partial charge is 0.462 e. The molecule has 0 bridgehead atoms. The maximum Gasteiger partial charge on any atom is 0.306 e. The van der Waals surface area contributed by atoms with Crippen molar-refractivity contribution in [3.05, 3.63) is 16.0 Å². The molecule has 5 nitrogen and oxygen atoms in total. The van der Waals surface area contributed by atoms with Crippen LogP contribution >= 0.6 is 11.3 Å². The zero-order chi connectivity index (χ0) is 21.0. The fourth-order valence-corrected chi connectivity index (χ4v) is 5.74. The van der Waals surface area contributed by atoms with Crippen molar-refractivity contribution in [2.45, 2.75) is 91.1 Å². The predicted molar refractivity (Wildman–Crippen MR) is 115 cm³/mol. The summed E-state index contributed by atoms with van der Waals surface area (Å²) in [5.74, 6) is 0.350. The van der Waals surface area contributed by atoms with Crippen LogP contribution < -0.4 is 5.32 Å². The minimum atomic E-state index is -0.204. The number of carbonyl (C=O) groups excluding carboxylic acids is 2. The van der Waals surface area contributed by atoms with Crippen LogP contribution in [0.25, 0.3) is 0 Å². The van der Waals surface area contributed by atoms with Crippen molar-refractivity contribution in [1.82, 2.24) is 0 Å². The summed E-state index contributed by atoms with van der Waals surface area (Å²) in [4.78, 5) is 25.6. The highest BCUT2D eigenvalue weighted by Crippen LogP contribution is 2.39. The number of carbonyl (C=O) groups is 2. The molecule has 6 heteroatoms. The van der Waals surface area contributed by atoms with E-state index in [1.54, 1.807) is 0 Å². The van der Waals surface area contributed by atoms with E-state index in [4.69, 9.17) is 4.74 Å². The highest BCUT2D eigenvalue weighted by molar-refractivity contribution is 7.16. The quantitative estimate of drug-likeness (QED) is 0.633. The van der Waals surface area contributed by atoms with Gasteiger partial charge < -0.3 is 10.1 Å². The molecule has 1 saturated carbocycles. The van der Waals surface area contributed by atoms with Crippen LogP contribution in [0.4, 0.5) is 5.00 Å². The number of ether oxygens (including phenoxy) is 1. The summed E-state index contributed by atoms with van der Waals surface area (Å²) in [6.45, 7) is 6.83. The van der Waals surface area contributed by atoms with Crippen molar-refractivity contribution in [3.8, 4) is 6.07 Å². The maximum absolute atomic E-state index is 12.2. The third kappa shape index (κ3) is 5.60. The van der Waals surface area contributed by atoms with Gasteiger partial charge >= 0.3 is 5.97 Å². The molecule has 0 radical (unpaired) electrons. The minimum absolute atomic E-state index is 0.0293. The summed E-state index contributed by atoms with van der Waals surface area (Å²) < 4.78 is 5.62. The summed E-state index contributed by atoms with van der Waals surface area (Å²) in [5.41, 5.74) is 2.05. The molecular weight excluding hydrogens is 384 g/mol. The van der Waals surface area contributed by atoms with E-state index in [2.05, 4.69) is 32.2 Å². The van der Waals surface area contributed by atoms with Gasteiger partial charge in [-0.05, 0) is 68.3 Å². The molecule has 0 aromatic carbocycles. The van der Waals surface area contributed by atoms with E-state index in [-0.39, 0.29) is 30.8 Å². The van der Waals surface area contributed by atoms with Crippen LogP contribution in [0.3, 0.4) is 0 Å². The predicted octanol–water partition coefficient (Wildman–Crippen LogP) is 5.37. The molecule has 1 aromatic rings. The highest BCUT2D eigenvalue weighted by atomic mass is 32.1. The van der Waals surface area contributed by atoms with Gasteiger partial charge in [0.05, 0.1) is 5.56 Å². The first-order chi connectivity index (χ1) is 13.8. The fourth-order valence-electron chi connectivity index (χ4n) is 4.48. The van der Waals surface area contributed by atoms with Gasteiger partial charge in [-0.15, -0.1) is 11.3 Å². The van der Waals surface area contributed by atoms with E-state index in [1.165, 1.54) is 16.2 Å². The van der Waals surface area contributed by atoms with Crippen molar-refractivity contribution >= 4 is 28.2 Å². The molecule has 3 rings (SSSR count). The number of hydrogen-bond acceptors (Lipinski definition) is 5. The number of esters is 1. The molecule has 29 heavy (non-hydrogen) atoms. The first kappa shape index (κ1) is 21.8. The molecule has 0 aliphatic heterocycles. The van der Waals surface area contributed by atoms with E-state index in [0.717, 1.165) is 50.5 Å². The standard InChI is InChI=1S/C23H32N2O3S/c1-23(2,3)15-10-12-16(13-11-15)28-21(27)9-5-8-20(26)25-22-18(14-24)17-6-4-7-19(17)29-22/h15-16H,4-13H2,1-3H3,(H,25,26). The average molecular weight is 417 g/mol. The first-order valence-electron chi connectivity index (χ1n) is 10.8. The zero-order valence-electron chi connectivity index (χ0n) is 17.8. The fraction of sp³-hybridized carbons (Fsp3) is 0.696. The van der Waals surface area contributed by atoms with Crippen molar-refractivity contribution in [2.24, 2.45) is 11.3 Å². The average Bonchev–Trinajstić information content (AvgIpc) is 3.22. The van der Waals surface area contributed by atoms with Gasteiger partial charge in [0.25, 0.3) is 0 Å². The monoisotopic (exact) mass is 416 g/mol. The normalized spacial score (nSPS) is 21.3. The van der Waals surface area contributed by atoms with Crippen LogP contribution in [0.2, 0.25) is 0 Å². The lowest BCUT2D eigenvalue weighted by Crippen LogP contribution is -2.30. The lowest BCUT2D eigenvalue weighted by atomic mass is 9.72. The Morgan fingerprint density at radius 3 is 2.55 bits per heavy atom. The number of thiophene rings is 1. The van der Waals surface area contributed by atoms with Crippen LogP contribution in [0.5, 0.6) is 0 Å². The number of nitrogens with one attached hydrogen (secondary N) is 1. The SMILES string of the molecule is CC(C)(C)C1CCC(OC(=O)CCCC(=O)Nc2sc3c(c2C#N)CCC3)CC1. The van der Waals surface area contributed by atoms with Gasteiger partial charge in [0, 0.05) is 17.7 Å². The van der Waals surface area contributed by atoms with Crippen LogP contribution in [-0.2, 0) is 27.2 Å². The number of anilines is 1.